The Labute approximate surface area is 121 Å². The van der Waals surface area contributed by atoms with Gasteiger partial charge in [-0.25, -0.2) is 13.4 Å². The maximum atomic E-state index is 12.2. The van der Waals surface area contributed by atoms with E-state index in [1.54, 1.807) is 11.1 Å². The van der Waals surface area contributed by atoms with E-state index in [-0.39, 0.29) is 4.90 Å². The molecule has 0 amide bonds. The van der Waals surface area contributed by atoms with Crippen LogP contribution in [0.1, 0.15) is 0 Å². The van der Waals surface area contributed by atoms with Crippen LogP contribution in [-0.2, 0) is 10.0 Å². The molecule has 0 spiro atoms. The van der Waals surface area contributed by atoms with Gasteiger partial charge >= 0.3 is 0 Å². The number of hydrazine groups is 1. The predicted octanol–water partition coefficient (Wildman–Crippen LogP) is 0.472. The maximum Gasteiger partial charge on any atom is 0.253 e. The monoisotopic (exact) mass is 348 g/mol. The average Bonchev–Trinajstić information content (AvgIpc) is 2.35. The summed E-state index contributed by atoms with van der Waals surface area (Å²) in [7, 11) is -1.53. The molecule has 19 heavy (non-hydrogen) atoms. The van der Waals surface area contributed by atoms with Gasteiger partial charge in [-0.2, -0.15) is 0 Å². The van der Waals surface area contributed by atoms with Crippen molar-refractivity contribution in [3.63, 3.8) is 0 Å². The molecule has 3 N–H and O–H groups in total. The van der Waals surface area contributed by atoms with Crippen LogP contribution in [0.3, 0.4) is 0 Å². The Morgan fingerprint density at radius 2 is 1.89 bits per heavy atom. The summed E-state index contributed by atoms with van der Waals surface area (Å²) in [6.07, 6.45) is 0. The number of sulfonamides is 1. The van der Waals surface area contributed by atoms with Crippen molar-refractivity contribution in [2.45, 2.75) is 4.90 Å². The summed E-state index contributed by atoms with van der Waals surface area (Å²) in [5.74, 6) is 0. The van der Waals surface area contributed by atoms with E-state index in [4.69, 9.17) is 5.73 Å². The minimum Gasteiger partial charge on any atom is -0.398 e. The molecule has 0 aliphatic carbocycles. The highest BCUT2D eigenvalue weighted by atomic mass is 79.9. The lowest BCUT2D eigenvalue weighted by Gasteiger charge is -2.32. The standard InChI is InChI=1S/C11H17BrN4O2S/c1-15-4-6-16(7-5-15)14-19(17,18)9-2-3-11(13)10(12)8-9/h2-3,8,14H,4-7,13H2,1H3. The molecule has 0 bridgehead atoms. The number of nitrogens with zero attached hydrogens (tertiary/aromatic N) is 2. The van der Waals surface area contributed by atoms with Crippen molar-refractivity contribution in [1.82, 2.24) is 14.7 Å². The van der Waals surface area contributed by atoms with Gasteiger partial charge in [-0.05, 0) is 41.2 Å². The first-order valence-corrected chi connectivity index (χ1v) is 8.17. The van der Waals surface area contributed by atoms with Gasteiger partial charge < -0.3 is 10.6 Å². The molecule has 1 heterocycles. The highest BCUT2D eigenvalue weighted by molar-refractivity contribution is 9.10. The van der Waals surface area contributed by atoms with Crippen molar-refractivity contribution < 1.29 is 8.42 Å². The van der Waals surface area contributed by atoms with Crippen LogP contribution < -0.4 is 10.6 Å². The third-order valence-electron chi connectivity index (χ3n) is 3.03. The van der Waals surface area contributed by atoms with Crippen LogP contribution in [0.5, 0.6) is 0 Å². The molecule has 2 rings (SSSR count). The second-order valence-electron chi connectivity index (χ2n) is 4.57. The lowest BCUT2D eigenvalue weighted by molar-refractivity contribution is 0.135. The molecule has 1 aliphatic heterocycles. The Morgan fingerprint density at radius 3 is 2.47 bits per heavy atom. The van der Waals surface area contributed by atoms with Gasteiger partial charge in [0.2, 0.25) is 0 Å². The van der Waals surface area contributed by atoms with Gasteiger partial charge in [0.05, 0.1) is 4.90 Å². The number of anilines is 1. The number of rotatable bonds is 3. The molecule has 1 aliphatic rings. The molecule has 6 nitrogen and oxygen atoms in total. The molecule has 8 heteroatoms. The first kappa shape index (κ1) is 14.7. The number of hydrogen-bond donors (Lipinski definition) is 2. The minimum absolute atomic E-state index is 0.201. The number of likely N-dealkylation sites (N-methyl/N-ethyl adjacent to an activating group) is 1. The SMILES string of the molecule is CN1CCN(NS(=O)(=O)c2ccc(N)c(Br)c2)CC1. The van der Waals surface area contributed by atoms with Crippen molar-refractivity contribution in [1.29, 1.82) is 0 Å². The minimum atomic E-state index is -3.54. The fraction of sp³-hybridized carbons (Fsp3) is 0.455. The highest BCUT2D eigenvalue weighted by Gasteiger charge is 2.21. The average molecular weight is 349 g/mol. The van der Waals surface area contributed by atoms with E-state index in [1.165, 1.54) is 12.1 Å². The Balaban J connectivity index is 2.11. The maximum absolute atomic E-state index is 12.2. The molecule has 0 saturated carbocycles. The van der Waals surface area contributed by atoms with Crippen molar-refractivity contribution >= 4 is 31.6 Å². The Morgan fingerprint density at radius 1 is 1.26 bits per heavy atom. The Hall–Kier alpha value is -0.670. The van der Waals surface area contributed by atoms with Crippen molar-refractivity contribution in [3.8, 4) is 0 Å². The summed E-state index contributed by atoms with van der Waals surface area (Å²) in [5.41, 5.74) is 6.17. The van der Waals surface area contributed by atoms with Gasteiger partial charge in [-0.15, -0.1) is 4.83 Å². The van der Waals surface area contributed by atoms with Crippen LogP contribution in [0.25, 0.3) is 0 Å². The summed E-state index contributed by atoms with van der Waals surface area (Å²) in [6.45, 7) is 3.03. The summed E-state index contributed by atoms with van der Waals surface area (Å²) < 4.78 is 25.0. The van der Waals surface area contributed by atoms with Crippen LogP contribution in [0, 0.1) is 0 Å². The van der Waals surface area contributed by atoms with Gasteiger partial charge in [0.25, 0.3) is 10.0 Å². The molecule has 1 aromatic rings. The fourth-order valence-electron chi connectivity index (χ4n) is 1.80. The van der Waals surface area contributed by atoms with Crippen molar-refractivity contribution in [2.24, 2.45) is 0 Å². The highest BCUT2D eigenvalue weighted by Crippen LogP contribution is 2.23. The van der Waals surface area contributed by atoms with Crippen LogP contribution >= 0.6 is 15.9 Å². The first-order valence-electron chi connectivity index (χ1n) is 5.89. The second kappa shape index (κ2) is 5.76. The smallest absolute Gasteiger partial charge is 0.253 e. The van der Waals surface area contributed by atoms with Crippen LogP contribution in [-0.4, -0.2) is 51.6 Å². The Bertz CT molecular complexity index is 556. The lowest BCUT2D eigenvalue weighted by atomic mass is 10.3. The van der Waals surface area contributed by atoms with Gasteiger partial charge in [-0.1, -0.05) is 0 Å². The van der Waals surface area contributed by atoms with Gasteiger partial charge in [0, 0.05) is 36.3 Å². The van der Waals surface area contributed by atoms with E-state index in [0.717, 1.165) is 13.1 Å². The molecule has 0 unspecified atom stereocenters. The van der Waals surface area contributed by atoms with E-state index in [0.29, 0.717) is 23.2 Å². The zero-order valence-corrected chi connectivity index (χ0v) is 13.0. The van der Waals surface area contributed by atoms with Crippen LogP contribution in [0.2, 0.25) is 0 Å². The van der Waals surface area contributed by atoms with E-state index < -0.39 is 10.0 Å². The summed E-state index contributed by atoms with van der Waals surface area (Å²) in [6, 6.07) is 4.58. The predicted molar refractivity (Wildman–Crippen MR) is 77.9 cm³/mol. The molecule has 106 valence electrons. The number of nitrogens with two attached hydrogens (primary N) is 1. The van der Waals surface area contributed by atoms with Crippen LogP contribution in [0.4, 0.5) is 5.69 Å². The molecule has 0 atom stereocenters. The Kier molecular flexibility index (Phi) is 4.46. The quantitative estimate of drug-likeness (QED) is 0.776. The molecule has 0 radical (unpaired) electrons. The zero-order chi connectivity index (χ0) is 14.0. The molecule has 1 fully saturated rings. The largest absolute Gasteiger partial charge is 0.398 e. The van der Waals surface area contributed by atoms with Gasteiger partial charge in [-0.3, -0.25) is 0 Å². The van der Waals surface area contributed by atoms with Crippen LogP contribution in [0.15, 0.2) is 27.6 Å². The third-order valence-corrected chi connectivity index (χ3v) is 5.09. The van der Waals surface area contributed by atoms with Crippen molar-refractivity contribution in [2.75, 3.05) is 39.0 Å². The topological polar surface area (TPSA) is 78.7 Å². The van der Waals surface area contributed by atoms with E-state index in [2.05, 4.69) is 25.7 Å². The van der Waals surface area contributed by atoms with E-state index >= 15 is 0 Å². The summed E-state index contributed by atoms with van der Waals surface area (Å²) in [4.78, 5) is 4.95. The first-order chi connectivity index (χ1) is 8.88. The second-order valence-corrected chi connectivity index (χ2v) is 7.08. The number of nitrogens with one attached hydrogen (secondary N) is 1. The molecule has 1 aromatic carbocycles. The van der Waals surface area contributed by atoms with E-state index in [1.807, 2.05) is 7.05 Å². The normalized spacial score (nSPS) is 18.6. The molecule has 1 saturated heterocycles. The summed E-state index contributed by atoms with van der Waals surface area (Å²) in [5, 5.41) is 1.72. The fourth-order valence-corrected chi connectivity index (χ4v) is 3.47. The number of nitrogen functional groups attached to an aromatic ring is 1. The molecule has 0 aromatic heterocycles. The zero-order valence-electron chi connectivity index (χ0n) is 10.6. The van der Waals surface area contributed by atoms with E-state index in [9.17, 15) is 8.42 Å². The number of piperazine rings is 1. The van der Waals surface area contributed by atoms with Crippen molar-refractivity contribution in [3.05, 3.63) is 22.7 Å². The summed E-state index contributed by atoms with van der Waals surface area (Å²) >= 11 is 3.23. The number of hydrogen-bond acceptors (Lipinski definition) is 5. The molecular weight excluding hydrogens is 332 g/mol. The van der Waals surface area contributed by atoms with Gasteiger partial charge in [0.1, 0.15) is 0 Å². The third kappa shape index (κ3) is 3.67. The number of halogens is 1. The van der Waals surface area contributed by atoms with Gasteiger partial charge in [0.15, 0.2) is 0 Å². The lowest BCUT2D eigenvalue weighted by Crippen LogP contribution is -2.52. The number of benzene rings is 1. The molecular formula is C11H17BrN4O2S.